The molecule has 0 saturated heterocycles. The highest BCUT2D eigenvalue weighted by molar-refractivity contribution is 7.10. The minimum absolute atomic E-state index is 0.0834. The number of benzene rings is 1. The van der Waals surface area contributed by atoms with Crippen molar-refractivity contribution >= 4 is 28.8 Å². The van der Waals surface area contributed by atoms with Crippen molar-refractivity contribution in [2.75, 3.05) is 6.54 Å². The molecule has 0 saturated carbocycles. The first-order valence-corrected chi connectivity index (χ1v) is 7.29. The summed E-state index contributed by atoms with van der Waals surface area (Å²) in [6.07, 6.45) is 0. The Morgan fingerprint density at radius 1 is 1.52 bits per heavy atom. The molecule has 1 amide bonds. The number of carbonyl (C=O) groups excluding carboxylic acids is 1. The number of aliphatic hydroxyl groups is 1. The number of rotatable bonds is 4. The number of halogens is 2. The van der Waals surface area contributed by atoms with Gasteiger partial charge in [-0.1, -0.05) is 17.7 Å². The molecule has 0 bridgehead atoms. The summed E-state index contributed by atoms with van der Waals surface area (Å²) in [5.74, 6) is -1.94. The summed E-state index contributed by atoms with van der Waals surface area (Å²) >= 11 is 6.97. The number of nitrogens with one attached hydrogen (secondary N) is 1. The van der Waals surface area contributed by atoms with Crippen LogP contribution in [-0.2, 0) is 5.60 Å². The molecule has 0 aliphatic rings. The van der Waals surface area contributed by atoms with Gasteiger partial charge in [0.05, 0.1) is 17.1 Å². The highest BCUT2D eigenvalue weighted by Gasteiger charge is 2.26. The van der Waals surface area contributed by atoms with Gasteiger partial charge in [-0.25, -0.2) is 4.39 Å². The van der Waals surface area contributed by atoms with Crippen molar-refractivity contribution < 1.29 is 19.4 Å². The second-order valence-corrected chi connectivity index (χ2v) is 6.07. The Hall–Kier alpha value is -1.63. The summed E-state index contributed by atoms with van der Waals surface area (Å²) in [6, 6.07) is 5.33. The van der Waals surface area contributed by atoms with E-state index < -0.39 is 23.1 Å². The lowest BCUT2D eigenvalue weighted by molar-refractivity contribution is 0.0555. The summed E-state index contributed by atoms with van der Waals surface area (Å²) < 4.78 is 13.2. The molecule has 7 heteroatoms. The van der Waals surface area contributed by atoms with E-state index in [2.05, 4.69) is 5.32 Å². The van der Waals surface area contributed by atoms with E-state index >= 15 is 0 Å². The molecule has 1 heterocycles. The summed E-state index contributed by atoms with van der Waals surface area (Å²) in [7, 11) is 0. The highest BCUT2D eigenvalue weighted by atomic mass is 35.5. The van der Waals surface area contributed by atoms with Gasteiger partial charge < -0.3 is 15.5 Å². The number of thiophene rings is 1. The lowest BCUT2D eigenvalue weighted by atomic mass is 10.0. The molecule has 0 radical (unpaired) electrons. The molecule has 0 aliphatic carbocycles. The van der Waals surface area contributed by atoms with E-state index in [1.165, 1.54) is 11.3 Å². The largest absolute Gasteiger partial charge is 0.506 e. The van der Waals surface area contributed by atoms with Crippen molar-refractivity contribution in [3.8, 4) is 5.75 Å². The van der Waals surface area contributed by atoms with Crippen LogP contribution in [0, 0.1) is 5.82 Å². The molecule has 1 atom stereocenters. The van der Waals surface area contributed by atoms with Crippen LogP contribution >= 0.6 is 22.9 Å². The fourth-order valence-corrected chi connectivity index (χ4v) is 2.75. The Balaban J connectivity index is 2.13. The molecular formula is C14H13ClFNO3S. The number of phenols is 1. The highest BCUT2D eigenvalue weighted by Crippen LogP contribution is 2.29. The number of hydrogen-bond acceptors (Lipinski definition) is 4. The van der Waals surface area contributed by atoms with Crippen LogP contribution in [0.1, 0.15) is 22.2 Å². The minimum atomic E-state index is -1.25. The number of carbonyl (C=O) groups is 1. The second kappa shape index (κ2) is 6.01. The van der Waals surface area contributed by atoms with Gasteiger partial charge in [-0.3, -0.25) is 4.79 Å². The average molecular weight is 330 g/mol. The van der Waals surface area contributed by atoms with Crippen LogP contribution in [-0.4, -0.2) is 22.7 Å². The van der Waals surface area contributed by atoms with E-state index in [-0.39, 0.29) is 17.1 Å². The zero-order chi connectivity index (χ0) is 15.6. The molecule has 4 nitrogen and oxygen atoms in total. The van der Waals surface area contributed by atoms with Gasteiger partial charge in [0.15, 0.2) is 0 Å². The minimum Gasteiger partial charge on any atom is -0.506 e. The smallest absolute Gasteiger partial charge is 0.255 e. The quantitative estimate of drug-likeness (QED) is 0.808. The van der Waals surface area contributed by atoms with Gasteiger partial charge in [-0.15, -0.1) is 11.3 Å². The van der Waals surface area contributed by atoms with Crippen molar-refractivity contribution in [1.82, 2.24) is 5.32 Å². The Kier molecular flexibility index (Phi) is 4.51. The van der Waals surface area contributed by atoms with Crippen LogP contribution < -0.4 is 5.32 Å². The van der Waals surface area contributed by atoms with Gasteiger partial charge in [0.2, 0.25) is 0 Å². The maximum atomic E-state index is 13.2. The van der Waals surface area contributed by atoms with E-state index in [0.717, 1.165) is 12.1 Å². The maximum absolute atomic E-state index is 13.2. The second-order valence-electron chi connectivity index (χ2n) is 4.72. The van der Waals surface area contributed by atoms with Crippen LogP contribution in [0.25, 0.3) is 0 Å². The van der Waals surface area contributed by atoms with Crippen LogP contribution in [0.3, 0.4) is 0 Å². The SMILES string of the molecule is CC(O)(CNC(=O)c1cc(F)cc(Cl)c1O)c1cccs1. The van der Waals surface area contributed by atoms with Gasteiger partial charge in [0, 0.05) is 4.88 Å². The predicted molar refractivity (Wildman–Crippen MR) is 79.3 cm³/mol. The molecule has 21 heavy (non-hydrogen) atoms. The van der Waals surface area contributed by atoms with Crippen LogP contribution in [0.4, 0.5) is 4.39 Å². The molecule has 1 aromatic carbocycles. The van der Waals surface area contributed by atoms with Gasteiger partial charge in [-0.2, -0.15) is 0 Å². The summed E-state index contributed by atoms with van der Waals surface area (Å²) in [5, 5.41) is 24.0. The van der Waals surface area contributed by atoms with Gasteiger partial charge in [0.25, 0.3) is 5.91 Å². The molecule has 2 aromatic rings. The molecular weight excluding hydrogens is 317 g/mol. The summed E-state index contributed by atoms with van der Waals surface area (Å²) in [6.45, 7) is 1.47. The zero-order valence-corrected chi connectivity index (χ0v) is 12.6. The Morgan fingerprint density at radius 2 is 2.24 bits per heavy atom. The number of amides is 1. The molecule has 0 spiro atoms. The van der Waals surface area contributed by atoms with E-state index in [1.54, 1.807) is 19.1 Å². The molecule has 2 rings (SSSR count). The van der Waals surface area contributed by atoms with E-state index in [1.807, 2.05) is 5.38 Å². The Labute approximate surface area is 129 Å². The van der Waals surface area contributed by atoms with Crippen molar-refractivity contribution in [2.45, 2.75) is 12.5 Å². The average Bonchev–Trinajstić information content (AvgIpc) is 2.95. The molecule has 1 aromatic heterocycles. The molecule has 0 fully saturated rings. The number of aromatic hydroxyl groups is 1. The fraction of sp³-hybridized carbons (Fsp3) is 0.214. The molecule has 112 valence electrons. The van der Waals surface area contributed by atoms with Crippen molar-refractivity contribution in [2.24, 2.45) is 0 Å². The van der Waals surface area contributed by atoms with Crippen molar-refractivity contribution in [3.63, 3.8) is 0 Å². The fourth-order valence-electron chi connectivity index (χ4n) is 1.76. The van der Waals surface area contributed by atoms with Crippen molar-refractivity contribution in [3.05, 3.63) is 50.9 Å². The van der Waals surface area contributed by atoms with Gasteiger partial charge in [-0.05, 0) is 30.5 Å². The lowest BCUT2D eigenvalue weighted by Gasteiger charge is -2.22. The monoisotopic (exact) mass is 329 g/mol. The van der Waals surface area contributed by atoms with Crippen LogP contribution in [0.5, 0.6) is 5.75 Å². The topological polar surface area (TPSA) is 69.6 Å². The third-order valence-electron chi connectivity index (χ3n) is 2.92. The number of phenolic OH excluding ortho intramolecular Hbond substituents is 1. The van der Waals surface area contributed by atoms with Crippen molar-refractivity contribution in [1.29, 1.82) is 0 Å². The van der Waals surface area contributed by atoms with Gasteiger partial charge in [0.1, 0.15) is 17.2 Å². The third-order valence-corrected chi connectivity index (χ3v) is 4.33. The summed E-state index contributed by atoms with van der Waals surface area (Å²) in [5.41, 5.74) is -1.53. The lowest BCUT2D eigenvalue weighted by Crippen LogP contribution is -2.38. The predicted octanol–water partition coefficient (Wildman–Crippen LogP) is 2.88. The van der Waals surface area contributed by atoms with E-state index in [9.17, 15) is 19.4 Å². The molecule has 0 aliphatic heterocycles. The molecule has 3 N–H and O–H groups in total. The normalized spacial score (nSPS) is 13.7. The van der Waals surface area contributed by atoms with Gasteiger partial charge >= 0.3 is 0 Å². The van der Waals surface area contributed by atoms with E-state index in [4.69, 9.17) is 11.6 Å². The first-order valence-electron chi connectivity index (χ1n) is 6.04. The standard InChI is InChI=1S/C14H13ClFNO3S/c1-14(20,11-3-2-4-21-11)7-17-13(19)9-5-8(16)6-10(15)12(9)18/h2-6,18,20H,7H2,1H3,(H,17,19). The Morgan fingerprint density at radius 3 is 2.86 bits per heavy atom. The summed E-state index contributed by atoms with van der Waals surface area (Å²) in [4.78, 5) is 12.7. The molecule has 1 unspecified atom stereocenters. The third kappa shape index (κ3) is 3.53. The maximum Gasteiger partial charge on any atom is 0.255 e. The zero-order valence-electron chi connectivity index (χ0n) is 11.1. The Bertz CT molecular complexity index is 658. The van der Waals surface area contributed by atoms with E-state index in [0.29, 0.717) is 4.88 Å². The van der Waals surface area contributed by atoms with Crippen LogP contribution in [0.15, 0.2) is 29.6 Å². The first kappa shape index (κ1) is 15.8. The van der Waals surface area contributed by atoms with Crippen LogP contribution in [0.2, 0.25) is 5.02 Å². The number of hydrogen-bond donors (Lipinski definition) is 3. The first-order chi connectivity index (χ1) is 9.81.